The van der Waals surface area contributed by atoms with Crippen molar-refractivity contribution in [1.29, 1.82) is 0 Å². The van der Waals surface area contributed by atoms with Crippen LogP contribution in [-0.2, 0) is 0 Å². The first-order chi connectivity index (χ1) is 8.29. The molecule has 1 aliphatic rings. The zero-order chi connectivity index (χ0) is 11.8. The third-order valence-electron chi connectivity index (χ3n) is 3.66. The number of benzene rings is 2. The Morgan fingerprint density at radius 1 is 0.882 bits per heavy atom. The van der Waals surface area contributed by atoms with E-state index in [9.17, 15) is 4.79 Å². The highest BCUT2D eigenvalue weighted by atomic mass is 16.1. The van der Waals surface area contributed by atoms with E-state index in [1.807, 2.05) is 48.5 Å². The summed E-state index contributed by atoms with van der Waals surface area (Å²) in [5.74, 6) is 0.536. The molecule has 1 aliphatic carbocycles. The van der Waals surface area contributed by atoms with E-state index < -0.39 is 0 Å². The van der Waals surface area contributed by atoms with E-state index in [2.05, 4.69) is 13.0 Å². The number of ketones is 1. The molecule has 0 heterocycles. The Hall–Kier alpha value is -1.89. The van der Waals surface area contributed by atoms with Gasteiger partial charge in [0.1, 0.15) is 0 Å². The van der Waals surface area contributed by atoms with Crippen molar-refractivity contribution in [3.63, 3.8) is 0 Å². The SMILES string of the molecule is C[C@@H]1c2ccccc2C(=O)[C@@H]1c1ccccc1. The molecule has 0 spiro atoms. The van der Waals surface area contributed by atoms with Gasteiger partial charge in [0.05, 0.1) is 5.92 Å². The number of hydrogen-bond acceptors (Lipinski definition) is 1. The van der Waals surface area contributed by atoms with E-state index in [1.165, 1.54) is 5.56 Å². The lowest BCUT2D eigenvalue weighted by atomic mass is 9.87. The highest BCUT2D eigenvalue weighted by Crippen LogP contribution is 2.43. The van der Waals surface area contributed by atoms with Crippen LogP contribution in [0.1, 0.15) is 40.2 Å². The highest BCUT2D eigenvalue weighted by Gasteiger charge is 2.37. The fraction of sp³-hybridized carbons (Fsp3) is 0.188. The summed E-state index contributed by atoms with van der Waals surface area (Å²) < 4.78 is 0. The molecule has 0 radical (unpaired) electrons. The molecule has 0 amide bonds. The minimum atomic E-state index is -0.00593. The van der Waals surface area contributed by atoms with Crippen LogP contribution in [0.15, 0.2) is 54.6 Å². The Balaban J connectivity index is 2.10. The minimum absolute atomic E-state index is 0.00593. The van der Waals surface area contributed by atoms with Gasteiger partial charge in [-0.15, -0.1) is 0 Å². The lowest BCUT2D eigenvalue weighted by Gasteiger charge is -2.14. The topological polar surface area (TPSA) is 17.1 Å². The molecule has 3 rings (SSSR count). The maximum absolute atomic E-state index is 12.4. The second kappa shape index (κ2) is 3.85. The molecule has 2 aromatic rings. The van der Waals surface area contributed by atoms with E-state index >= 15 is 0 Å². The van der Waals surface area contributed by atoms with Gasteiger partial charge in [-0.05, 0) is 17.0 Å². The van der Waals surface area contributed by atoms with Gasteiger partial charge in [0, 0.05) is 5.56 Å². The zero-order valence-electron chi connectivity index (χ0n) is 9.76. The fourth-order valence-corrected chi connectivity index (χ4v) is 2.79. The lowest BCUT2D eigenvalue weighted by molar-refractivity contribution is 0.0966. The second-order valence-corrected chi connectivity index (χ2v) is 4.63. The first-order valence-electron chi connectivity index (χ1n) is 5.97. The average Bonchev–Trinajstić information content (AvgIpc) is 2.64. The number of carbonyl (C=O) groups is 1. The quantitative estimate of drug-likeness (QED) is 0.717. The normalized spacial score (nSPS) is 22.5. The maximum atomic E-state index is 12.4. The summed E-state index contributed by atoms with van der Waals surface area (Å²) in [6.45, 7) is 2.14. The van der Waals surface area contributed by atoms with Crippen LogP contribution >= 0.6 is 0 Å². The molecule has 0 aromatic heterocycles. The summed E-state index contributed by atoms with van der Waals surface area (Å²) in [5, 5.41) is 0. The van der Waals surface area contributed by atoms with Crippen LogP contribution < -0.4 is 0 Å². The number of rotatable bonds is 1. The minimum Gasteiger partial charge on any atom is -0.293 e. The Kier molecular flexibility index (Phi) is 2.32. The highest BCUT2D eigenvalue weighted by molar-refractivity contribution is 6.06. The van der Waals surface area contributed by atoms with E-state index in [1.54, 1.807) is 0 Å². The van der Waals surface area contributed by atoms with Crippen LogP contribution in [0.4, 0.5) is 0 Å². The van der Waals surface area contributed by atoms with Gasteiger partial charge in [0.15, 0.2) is 5.78 Å². The lowest BCUT2D eigenvalue weighted by Crippen LogP contribution is -2.09. The number of Topliss-reactive ketones (excluding diaryl/α,β-unsaturated/α-hetero) is 1. The maximum Gasteiger partial charge on any atom is 0.171 e. The summed E-state index contributed by atoms with van der Waals surface area (Å²) in [7, 11) is 0. The largest absolute Gasteiger partial charge is 0.293 e. The molecular formula is C16H14O. The standard InChI is InChI=1S/C16H14O/c1-11-13-9-5-6-10-14(13)16(17)15(11)12-7-3-2-4-8-12/h2-11,15H,1H3/t11-,15+/m1/s1. The van der Waals surface area contributed by atoms with Gasteiger partial charge >= 0.3 is 0 Å². The van der Waals surface area contributed by atoms with Gasteiger partial charge in [0.25, 0.3) is 0 Å². The van der Waals surface area contributed by atoms with Crippen LogP contribution in [0.25, 0.3) is 0 Å². The molecule has 84 valence electrons. The van der Waals surface area contributed by atoms with Gasteiger partial charge in [-0.25, -0.2) is 0 Å². The molecule has 0 unspecified atom stereocenters. The molecule has 0 saturated carbocycles. The molecule has 2 atom stereocenters. The number of hydrogen-bond donors (Lipinski definition) is 0. The third kappa shape index (κ3) is 1.50. The second-order valence-electron chi connectivity index (χ2n) is 4.63. The summed E-state index contributed by atoms with van der Waals surface area (Å²) in [5.41, 5.74) is 3.21. The Morgan fingerprint density at radius 3 is 2.24 bits per heavy atom. The number of carbonyl (C=O) groups excluding carboxylic acids is 1. The average molecular weight is 222 g/mol. The van der Waals surface area contributed by atoms with Gasteiger partial charge in [-0.1, -0.05) is 61.5 Å². The zero-order valence-corrected chi connectivity index (χ0v) is 9.76. The molecule has 1 heteroatoms. The van der Waals surface area contributed by atoms with Crippen LogP contribution in [0.5, 0.6) is 0 Å². The van der Waals surface area contributed by atoms with Gasteiger partial charge < -0.3 is 0 Å². The predicted molar refractivity (Wildman–Crippen MR) is 68.4 cm³/mol. The van der Waals surface area contributed by atoms with Crippen LogP contribution in [0.3, 0.4) is 0 Å². The molecule has 1 nitrogen and oxygen atoms in total. The monoisotopic (exact) mass is 222 g/mol. The van der Waals surface area contributed by atoms with Crippen LogP contribution in [0, 0.1) is 0 Å². The van der Waals surface area contributed by atoms with Gasteiger partial charge in [-0.3, -0.25) is 4.79 Å². The molecule has 0 aliphatic heterocycles. The van der Waals surface area contributed by atoms with E-state index in [4.69, 9.17) is 0 Å². The van der Waals surface area contributed by atoms with Crippen molar-refractivity contribution >= 4 is 5.78 Å². The molecule has 0 saturated heterocycles. The molecule has 0 bridgehead atoms. The molecule has 17 heavy (non-hydrogen) atoms. The summed E-state index contributed by atoms with van der Waals surface area (Å²) >= 11 is 0. The van der Waals surface area contributed by atoms with Crippen molar-refractivity contribution < 1.29 is 4.79 Å². The van der Waals surface area contributed by atoms with E-state index in [0.29, 0.717) is 0 Å². The summed E-state index contributed by atoms with van der Waals surface area (Å²) in [6, 6.07) is 18.0. The van der Waals surface area contributed by atoms with Gasteiger partial charge in [-0.2, -0.15) is 0 Å². The van der Waals surface area contributed by atoms with E-state index in [-0.39, 0.29) is 17.6 Å². The predicted octanol–water partition coefficient (Wildman–Crippen LogP) is 3.77. The first kappa shape index (κ1) is 10.3. The third-order valence-corrected chi connectivity index (χ3v) is 3.66. The molecular weight excluding hydrogens is 208 g/mol. The van der Waals surface area contributed by atoms with Crippen molar-refractivity contribution in [1.82, 2.24) is 0 Å². The number of fused-ring (bicyclic) bond motifs is 1. The van der Waals surface area contributed by atoms with Crippen LogP contribution in [-0.4, -0.2) is 5.78 Å². The Bertz CT molecular complexity index is 557. The van der Waals surface area contributed by atoms with Crippen molar-refractivity contribution in [3.8, 4) is 0 Å². The van der Waals surface area contributed by atoms with Crippen molar-refractivity contribution in [3.05, 3.63) is 71.3 Å². The smallest absolute Gasteiger partial charge is 0.171 e. The molecule has 2 aromatic carbocycles. The Labute approximate surface area is 101 Å². The summed E-state index contributed by atoms with van der Waals surface area (Å²) in [6.07, 6.45) is 0. The van der Waals surface area contributed by atoms with Crippen molar-refractivity contribution in [2.45, 2.75) is 18.8 Å². The van der Waals surface area contributed by atoms with Gasteiger partial charge in [0.2, 0.25) is 0 Å². The fourth-order valence-electron chi connectivity index (χ4n) is 2.79. The van der Waals surface area contributed by atoms with E-state index in [0.717, 1.165) is 11.1 Å². The molecule has 0 fully saturated rings. The first-order valence-corrected chi connectivity index (χ1v) is 5.97. The Morgan fingerprint density at radius 2 is 1.53 bits per heavy atom. The van der Waals surface area contributed by atoms with Crippen molar-refractivity contribution in [2.75, 3.05) is 0 Å². The summed E-state index contributed by atoms with van der Waals surface area (Å²) in [4.78, 5) is 12.4. The molecule has 0 N–H and O–H groups in total. The van der Waals surface area contributed by atoms with Crippen molar-refractivity contribution in [2.24, 2.45) is 0 Å². The van der Waals surface area contributed by atoms with Crippen LogP contribution in [0.2, 0.25) is 0 Å².